The van der Waals surface area contributed by atoms with Crippen molar-refractivity contribution in [3.8, 4) is 5.69 Å². The first kappa shape index (κ1) is 19.2. The van der Waals surface area contributed by atoms with Crippen LogP contribution < -0.4 is 0 Å². The van der Waals surface area contributed by atoms with Crippen LogP contribution in [0.1, 0.15) is 24.0 Å². The Labute approximate surface area is 171 Å². The second-order valence-electron chi connectivity index (χ2n) is 7.91. The highest BCUT2D eigenvalue weighted by molar-refractivity contribution is 6.30. The van der Waals surface area contributed by atoms with Gasteiger partial charge in [-0.3, -0.25) is 4.90 Å². The van der Waals surface area contributed by atoms with Gasteiger partial charge in [-0.05, 0) is 49.6 Å². The summed E-state index contributed by atoms with van der Waals surface area (Å²) in [5, 5.41) is 15.4. The van der Waals surface area contributed by atoms with Gasteiger partial charge in [0.05, 0.1) is 18.5 Å². The molecule has 1 fully saturated rings. The van der Waals surface area contributed by atoms with E-state index in [-0.39, 0.29) is 12.0 Å². The van der Waals surface area contributed by atoms with E-state index in [4.69, 9.17) is 11.6 Å². The summed E-state index contributed by atoms with van der Waals surface area (Å²) in [5.41, 5.74) is 3.37. The van der Waals surface area contributed by atoms with Crippen molar-refractivity contribution < 1.29 is 5.11 Å². The van der Waals surface area contributed by atoms with Crippen LogP contribution in [0.4, 0.5) is 0 Å². The summed E-state index contributed by atoms with van der Waals surface area (Å²) in [5.74, 6) is 0. The lowest BCUT2D eigenvalue weighted by molar-refractivity contribution is 0.0288. The highest BCUT2D eigenvalue weighted by Crippen LogP contribution is 2.34. The molecule has 28 heavy (non-hydrogen) atoms. The van der Waals surface area contributed by atoms with Crippen LogP contribution in [0.5, 0.6) is 0 Å². The van der Waals surface area contributed by atoms with E-state index < -0.39 is 0 Å². The topological polar surface area (TPSA) is 41.3 Å². The number of aromatic nitrogens is 2. The first-order valence-electron chi connectivity index (χ1n) is 9.82. The molecule has 4 rings (SSSR count). The van der Waals surface area contributed by atoms with Gasteiger partial charge in [0.1, 0.15) is 0 Å². The zero-order valence-electron chi connectivity index (χ0n) is 16.0. The van der Waals surface area contributed by atoms with Gasteiger partial charge in [-0.1, -0.05) is 48.0 Å². The van der Waals surface area contributed by atoms with E-state index in [1.54, 1.807) is 0 Å². The molecule has 0 spiro atoms. The van der Waals surface area contributed by atoms with Crippen molar-refractivity contribution in [1.29, 1.82) is 0 Å². The second-order valence-corrected chi connectivity index (χ2v) is 8.34. The standard InChI is InChI=1S/C23H26ClN3O/c24-21-8-4-9-22(12-21)27-16-20(14-25-27)15-26-11-5-10-23(17-26,18-28)13-19-6-2-1-3-7-19/h1-4,6-9,12,14,16,28H,5,10-11,13,15,17-18H2/t23-/m0/s1. The van der Waals surface area contributed by atoms with Gasteiger partial charge >= 0.3 is 0 Å². The maximum absolute atomic E-state index is 10.2. The normalized spacial score (nSPS) is 20.4. The fourth-order valence-electron chi connectivity index (χ4n) is 4.26. The average Bonchev–Trinajstić information content (AvgIpc) is 3.17. The van der Waals surface area contributed by atoms with Gasteiger partial charge in [0.25, 0.3) is 0 Å². The van der Waals surface area contributed by atoms with Crippen LogP contribution in [0.3, 0.4) is 0 Å². The first-order chi connectivity index (χ1) is 13.7. The maximum atomic E-state index is 10.2. The zero-order valence-corrected chi connectivity index (χ0v) is 16.7. The van der Waals surface area contributed by atoms with Crippen molar-refractivity contribution in [1.82, 2.24) is 14.7 Å². The third kappa shape index (κ3) is 4.46. The quantitative estimate of drug-likeness (QED) is 0.674. The highest BCUT2D eigenvalue weighted by atomic mass is 35.5. The summed E-state index contributed by atoms with van der Waals surface area (Å²) in [4.78, 5) is 2.45. The Morgan fingerprint density at radius 1 is 1.07 bits per heavy atom. The molecule has 0 radical (unpaired) electrons. The zero-order chi connectivity index (χ0) is 19.4. The third-order valence-corrected chi connectivity index (χ3v) is 5.85. The monoisotopic (exact) mass is 395 g/mol. The largest absolute Gasteiger partial charge is 0.396 e. The molecule has 3 aromatic rings. The van der Waals surface area contributed by atoms with Gasteiger partial charge < -0.3 is 5.11 Å². The Morgan fingerprint density at radius 2 is 1.93 bits per heavy atom. The van der Waals surface area contributed by atoms with Crippen LogP contribution in [-0.2, 0) is 13.0 Å². The van der Waals surface area contributed by atoms with Crippen LogP contribution in [0, 0.1) is 5.41 Å². The first-order valence-corrected chi connectivity index (χ1v) is 10.2. The van der Waals surface area contributed by atoms with E-state index in [9.17, 15) is 5.11 Å². The molecule has 4 nitrogen and oxygen atoms in total. The number of halogens is 1. The molecule has 1 N–H and O–H groups in total. The summed E-state index contributed by atoms with van der Waals surface area (Å²) >= 11 is 6.10. The van der Waals surface area contributed by atoms with E-state index in [1.165, 1.54) is 11.1 Å². The highest BCUT2D eigenvalue weighted by Gasteiger charge is 2.35. The fourth-order valence-corrected chi connectivity index (χ4v) is 4.45. The Morgan fingerprint density at radius 3 is 2.71 bits per heavy atom. The summed E-state index contributed by atoms with van der Waals surface area (Å²) < 4.78 is 1.87. The van der Waals surface area contributed by atoms with Crippen molar-refractivity contribution in [2.45, 2.75) is 25.8 Å². The van der Waals surface area contributed by atoms with Crippen LogP contribution >= 0.6 is 11.6 Å². The Balaban J connectivity index is 1.45. The van der Waals surface area contributed by atoms with Crippen LogP contribution in [0.25, 0.3) is 5.69 Å². The number of hydrogen-bond donors (Lipinski definition) is 1. The third-order valence-electron chi connectivity index (χ3n) is 5.61. The number of hydrogen-bond acceptors (Lipinski definition) is 3. The molecule has 5 heteroatoms. The molecule has 0 saturated carbocycles. The molecule has 0 amide bonds. The number of piperidine rings is 1. The lowest BCUT2D eigenvalue weighted by Gasteiger charge is -2.42. The predicted molar refractivity (Wildman–Crippen MR) is 113 cm³/mol. The number of aliphatic hydroxyl groups is 1. The molecule has 1 aromatic heterocycles. The van der Waals surface area contributed by atoms with Gasteiger partial charge in [-0.2, -0.15) is 5.10 Å². The van der Waals surface area contributed by atoms with Crippen molar-refractivity contribution in [2.75, 3.05) is 19.7 Å². The van der Waals surface area contributed by atoms with Crippen molar-refractivity contribution in [2.24, 2.45) is 5.41 Å². The predicted octanol–water partition coefficient (Wildman–Crippen LogP) is 4.34. The lowest BCUT2D eigenvalue weighted by atomic mass is 9.75. The lowest BCUT2D eigenvalue weighted by Crippen LogP contribution is -2.46. The van der Waals surface area contributed by atoms with Gasteiger partial charge in [0.15, 0.2) is 0 Å². The molecule has 1 aliphatic heterocycles. The maximum Gasteiger partial charge on any atom is 0.0660 e. The Bertz CT molecular complexity index is 911. The molecule has 0 aliphatic carbocycles. The van der Waals surface area contributed by atoms with Gasteiger partial charge in [0, 0.05) is 35.3 Å². The summed E-state index contributed by atoms with van der Waals surface area (Å²) in [6.07, 6.45) is 7.08. The summed E-state index contributed by atoms with van der Waals surface area (Å²) in [6, 6.07) is 18.2. The number of nitrogens with zero attached hydrogens (tertiary/aromatic N) is 3. The van der Waals surface area contributed by atoms with Gasteiger partial charge in [0.2, 0.25) is 0 Å². The number of rotatable bonds is 6. The van der Waals surface area contributed by atoms with Crippen LogP contribution in [0.2, 0.25) is 5.02 Å². The summed E-state index contributed by atoms with van der Waals surface area (Å²) in [7, 11) is 0. The molecule has 1 atom stereocenters. The molecule has 2 heterocycles. The van der Waals surface area contributed by atoms with E-state index >= 15 is 0 Å². The van der Waals surface area contributed by atoms with Crippen molar-refractivity contribution >= 4 is 11.6 Å². The minimum atomic E-state index is -0.0669. The number of benzene rings is 2. The van der Waals surface area contributed by atoms with E-state index in [0.717, 1.165) is 44.6 Å². The van der Waals surface area contributed by atoms with E-state index in [1.807, 2.05) is 41.2 Å². The van der Waals surface area contributed by atoms with Crippen molar-refractivity contribution in [3.63, 3.8) is 0 Å². The molecule has 146 valence electrons. The number of likely N-dealkylation sites (tertiary alicyclic amines) is 1. The molecule has 1 saturated heterocycles. The van der Waals surface area contributed by atoms with Gasteiger partial charge in [-0.15, -0.1) is 0 Å². The van der Waals surface area contributed by atoms with Gasteiger partial charge in [-0.25, -0.2) is 4.68 Å². The molecule has 0 bridgehead atoms. The fraction of sp³-hybridized carbons (Fsp3) is 0.348. The minimum absolute atomic E-state index is 0.0669. The summed E-state index contributed by atoms with van der Waals surface area (Å²) in [6.45, 7) is 3.02. The Kier molecular flexibility index (Phi) is 5.81. The minimum Gasteiger partial charge on any atom is -0.396 e. The second kappa shape index (κ2) is 8.48. The molecule has 0 unspecified atom stereocenters. The Hall–Kier alpha value is -2.14. The van der Waals surface area contributed by atoms with E-state index in [2.05, 4.69) is 40.5 Å². The van der Waals surface area contributed by atoms with Crippen molar-refractivity contribution in [3.05, 3.63) is 83.1 Å². The van der Waals surface area contributed by atoms with E-state index in [0.29, 0.717) is 5.02 Å². The average molecular weight is 396 g/mol. The van der Waals surface area contributed by atoms with Crippen LogP contribution in [-0.4, -0.2) is 39.5 Å². The molecular weight excluding hydrogens is 370 g/mol. The van der Waals surface area contributed by atoms with Crippen LogP contribution in [0.15, 0.2) is 67.0 Å². The molecular formula is C23H26ClN3O. The molecule has 1 aliphatic rings. The molecule has 2 aromatic carbocycles. The number of aliphatic hydroxyl groups excluding tert-OH is 1. The SMILES string of the molecule is OC[C@]1(Cc2ccccc2)CCCN(Cc2cnn(-c3cccc(Cl)c3)c2)C1. The smallest absolute Gasteiger partial charge is 0.0660 e.